The van der Waals surface area contributed by atoms with Gasteiger partial charge in [-0.2, -0.15) is 0 Å². The zero-order valence-electron chi connectivity index (χ0n) is 13.6. The Balaban J connectivity index is 4.39. The second-order valence-corrected chi connectivity index (χ2v) is 6.71. The summed E-state index contributed by atoms with van der Waals surface area (Å²) in [5.41, 5.74) is -0.534. The largest absolute Gasteiger partial charge is 0.465 e. The highest BCUT2D eigenvalue weighted by Gasteiger charge is 2.35. The van der Waals surface area contributed by atoms with Crippen LogP contribution in [0.25, 0.3) is 0 Å². The summed E-state index contributed by atoms with van der Waals surface area (Å²) in [6.45, 7) is 15.6. The lowest BCUT2D eigenvalue weighted by Crippen LogP contribution is -2.56. The van der Waals surface area contributed by atoms with E-state index in [2.05, 4.69) is 26.1 Å². The van der Waals surface area contributed by atoms with Gasteiger partial charge in [-0.3, -0.25) is 5.32 Å². The highest BCUT2D eigenvalue weighted by molar-refractivity contribution is 5.80. The van der Waals surface area contributed by atoms with Crippen LogP contribution in [0.3, 0.4) is 0 Å². The number of hydrogen-bond acceptors (Lipinski definition) is 4. The molecule has 0 fully saturated rings. The van der Waals surface area contributed by atoms with Gasteiger partial charge in [0.25, 0.3) is 0 Å². The summed E-state index contributed by atoms with van der Waals surface area (Å²) in [7, 11) is 0. The fourth-order valence-electron chi connectivity index (χ4n) is 1.74. The summed E-state index contributed by atoms with van der Waals surface area (Å²) in [6, 6.07) is 0.195. The molecule has 4 nitrogen and oxygen atoms in total. The Morgan fingerprint density at radius 1 is 1.21 bits per heavy atom. The molecule has 114 valence electrons. The Morgan fingerprint density at radius 3 is 2.21 bits per heavy atom. The molecule has 0 saturated heterocycles. The molecule has 4 heteroatoms. The number of carbonyl (C=O) groups is 1. The van der Waals surface area contributed by atoms with Crippen molar-refractivity contribution in [1.29, 1.82) is 0 Å². The molecule has 0 aliphatic heterocycles. The smallest absolute Gasteiger partial charge is 0.328 e. The van der Waals surface area contributed by atoms with Gasteiger partial charge in [0.15, 0.2) is 0 Å². The number of hydrogen-bond donors (Lipinski definition) is 1. The lowest BCUT2D eigenvalue weighted by Gasteiger charge is -2.30. The first kappa shape index (κ1) is 18.4. The average molecular weight is 273 g/mol. The summed E-state index contributed by atoms with van der Waals surface area (Å²) < 4.78 is 10.8. The van der Waals surface area contributed by atoms with Crippen LogP contribution in [0.5, 0.6) is 0 Å². The molecule has 1 N–H and O–H groups in total. The predicted molar refractivity (Wildman–Crippen MR) is 78.2 cm³/mol. The average Bonchev–Trinajstić information content (AvgIpc) is 2.22. The minimum absolute atomic E-state index is 0.195. The highest BCUT2D eigenvalue weighted by Crippen LogP contribution is 2.18. The first-order valence-electron chi connectivity index (χ1n) is 7.13. The molecular formula is C15H31NO3. The summed E-state index contributed by atoms with van der Waals surface area (Å²) in [4.78, 5) is 12.0. The van der Waals surface area contributed by atoms with Gasteiger partial charge in [-0.05, 0) is 39.5 Å². The summed E-state index contributed by atoms with van der Waals surface area (Å²) in [5, 5.41) is 3.24. The minimum Gasteiger partial charge on any atom is -0.465 e. The van der Waals surface area contributed by atoms with Crippen molar-refractivity contribution in [1.82, 2.24) is 5.32 Å². The SMILES string of the molecule is CCOC(=O)C(C)(COCCC(C)(C)C)NC(C)C. The third kappa shape index (κ3) is 8.22. The van der Waals surface area contributed by atoms with Crippen LogP contribution >= 0.6 is 0 Å². The predicted octanol–water partition coefficient (Wildman–Crippen LogP) is 2.76. The number of rotatable bonds is 8. The Bertz CT molecular complexity index is 271. The van der Waals surface area contributed by atoms with Gasteiger partial charge in [0, 0.05) is 12.6 Å². The monoisotopic (exact) mass is 273 g/mol. The second kappa shape index (κ2) is 7.85. The van der Waals surface area contributed by atoms with Crippen LogP contribution < -0.4 is 5.32 Å². The van der Waals surface area contributed by atoms with Crippen LogP contribution in [-0.2, 0) is 14.3 Å². The van der Waals surface area contributed by atoms with Gasteiger partial charge in [0.05, 0.1) is 13.2 Å². The summed E-state index contributed by atoms with van der Waals surface area (Å²) in [5.74, 6) is -0.251. The van der Waals surface area contributed by atoms with E-state index < -0.39 is 5.54 Å². The van der Waals surface area contributed by atoms with E-state index >= 15 is 0 Å². The van der Waals surface area contributed by atoms with Crippen molar-refractivity contribution in [2.75, 3.05) is 19.8 Å². The Hall–Kier alpha value is -0.610. The standard InChI is InChI=1S/C15H31NO3/c1-8-19-13(17)15(7,16-12(2)3)11-18-10-9-14(4,5)6/h12,16H,8-11H2,1-7H3. The van der Waals surface area contributed by atoms with E-state index in [9.17, 15) is 4.79 Å². The molecule has 0 bridgehead atoms. The van der Waals surface area contributed by atoms with Gasteiger partial charge in [0.2, 0.25) is 0 Å². The van der Waals surface area contributed by atoms with Crippen LogP contribution in [0.4, 0.5) is 0 Å². The van der Waals surface area contributed by atoms with Crippen LogP contribution in [0, 0.1) is 5.41 Å². The van der Waals surface area contributed by atoms with Crippen LogP contribution in [0.15, 0.2) is 0 Å². The third-order valence-corrected chi connectivity index (χ3v) is 2.72. The number of carbonyl (C=O) groups excluding carboxylic acids is 1. The van der Waals surface area contributed by atoms with Crippen molar-refractivity contribution < 1.29 is 14.3 Å². The summed E-state index contributed by atoms with van der Waals surface area (Å²) >= 11 is 0. The number of nitrogens with one attached hydrogen (secondary N) is 1. The molecule has 0 aliphatic carbocycles. The van der Waals surface area contributed by atoms with Gasteiger partial charge in [-0.15, -0.1) is 0 Å². The molecule has 0 aromatic rings. The van der Waals surface area contributed by atoms with Crippen molar-refractivity contribution in [3.8, 4) is 0 Å². The first-order chi connectivity index (χ1) is 8.60. The van der Waals surface area contributed by atoms with E-state index in [0.717, 1.165) is 6.42 Å². The van der Waals surface area contributed by atoms with E-state index in [-0.39, 0.29) is 17.4 Å². The molecule has 0 aliphatic rings. The Morgan fingerprint density at radius 2 is 1.79 bits per heavy atom. The maximum absolute atomic E-state index is 12.0. The molecule has 1 unspecified atom stereocenters. The van der Waals surface area contributed by atoms with E-state index in [1.807, 2.05) is 27.7 Å². The fourth-order valence-corrected chi connectivity index (χ4v) is 1.74. The molecule has 0 saturated carbocycles. The maximum atomic E-state index is 12.0. The van der Waals surface area contributed by atoms with Gasteiger partial charge in [-0.25, -0.2) is 4.79 Å². The van der Waals surface area contributed by atoms with Gasteiger partial charge in [0.1, 0.15) is 5.54 Å². The molecule has 0 heterocycles. The van der Waals surface area contributed by atoms with Crippen LogP contribution in [0.2, 0.25) is 0 Å². The van der Waals surface area contributed by atoms with Crippen LogP contribution in [0.1, 0.15) is 54.9 Å². The molecule has 19 heavy (non-hydrogen) atoms. The van der Waals surface area contributed by atoms with Crippen molar-refractivity contribution >= 4 is 5.97 Å². The van der Waals surface area contributed by atoms with Gasteiger partial charge in [-0.1, -0.05) is 20.8 Å². The molecule has 1 atom stereocenters. The minimum atomic E-state index is -0.776. The van der Waals surface area contributed by atoms with E-state index in [4.69, 9.17) is 9.47 Å². The van der Waals surface area contributed by atoms with E-state index in [0.29, 0.717) is 19.8 Å². The molecule has 0 aromatic heterocycles. The lowest BCUT2D eigenvalue weighted by atomic mass is 9.93. The molecule has 0 spiro atoms. The van der Waals surface area contributed by atoms with E-state index in [1.165, 1.54) is 0 Å². The highest BCUT2D eigenvalue weighted by atomic mass is 16.5. The third-order valence-electron chi connectivity index (χ3n) is 2.72. The zero-order chi connectivity index (χ0) is 15.1. The molecule has 0 aromatic carbocycles. The topological polar surface area (TPSA) is 47.6 Å². The van der Waals surface area contributed by atoms with Gasteiger partial charge < -0.3 is 9.47 Å². The number of esters is 1. The Kier molecular flexibility index (Phi) is 7.60. The summed E-state index contributed by atoms with van der Waals surface area (Å²) in [6.07, 6.45) is 0.966. The van der Waals surface area contributed by atoms with Crippen LogP contribution in [-0.4, -0.2) is 37.4 Å². The second-order valence-electron chi connectivity index (χ2n) is 6.71. The zero-order valence-corrected chi connectivity index (χ0v) is 13.6. The van der Waals surface area contributed by atoms with Crippen molar-refractivity contribution in [2.45, 2.75) is 66.5 Å². The van der Waals surface area contributed by atoms with Crippen molar-refractivity contribution in [3.63, 3.8) is 0 Å². The van der Waals surface area contributed by atoms with Crippen molar-refractivity contribution in [2.24, 2.45) is 5.41 Å². The maximum Gasteiger partial charge on any atom is 0.328 e. The molecular weight excluding hydrogens is 242 g/mol. The van der Waals surface area contributed by atoms with Gasteiger partial charge >= 0.3 is 5.97 Å². The normalized spacial score (nSPS) is 15.4. The van der Waals surface area contributed by atoms with Crippen molar-refractivity contribution in [3.05, 3.63) is 0 Å². The molecule has 0 amide bonds. The lowest BCUT2D eigenvalue weighted by molar-refractivity contribution is -0.153. The van der Waals surface area contributed by atoms with E-state index in [1.54, 1.807) is 0 Å². The number of ether oxygens (including phenoxy) is 2. The first-order valence-corrected chi connectivity index (χ1v) is 7.13. The Labute approximate surface area is 118 Å². The molecule has 0 radical (unpaired) electrons. The molecule has 0 rings (SSSR count). The quantitative estimate of drug-likeness (QED) is 0.546. The fraction of sp³-hybridized carbons (Fsp3) is 0.933.